The summed E-state index contributed by atoms with van der Waals surface area (Å²) in [5.41, 5.74) is 5.27. The van der Waals surface area contributed by atoms with Gasteiger partial charge in [0.25, 0.3) is 0 Å². The van der Waals surface area contributed by atoms with Gasteiger partial charge in [-0.15, -0.1) is 0 Å². The van der Waals surface area contributed by atoms with Crippen molar-refractivity contribution in [3.8, 4) is 11.1 Å². The third-order valence-electron chi connectivity index (χ3n) is 6.70. The van der Waals surface area contributed by atoms with Crippen LogP contribution >= 0.6 is 0 Å². The number of rotatable bonds is 7. The largest absolute Gasteiger partial charge is 0.375 e. The number of carbonyl (C=O) groups is 1. The molecule has 0 saturated carbocycles. The molecule has 2 aromatic rings. The number of hydrogen-bond acceptors (Lipinski definition) is 4. The molecule has 1 amide bonds. The maximum Gasteiger partial charge on any atom is 0.246 e. The second-order valence-electron chi connectivity index (χ2n) is 8.99. The van der Waals surface area contributed by atoms with Crippen LogP contribution in [0.25, 0.3) is 11.1 Å². The fourth-order valence-electron chi connectivity index (χ4n) is 4.93. The Labute approximate surface area is 185 Å². The highest BCUT2D eigenvalue weighted by molar-refractivity contribution is 5.77. The van der Waals surface area contributed by atoms with Crippen molar-refractivity contribution >= 4 is 5.91 Å². The molecule has 2 heterocycles. The van der Waals surface area contributed by atoms with Gasteiger partial charge in [0, 0.05) is 33.3 Å². The maximum atomic E-state index is 11.6. The molecule has 2 aliphatic heterocycles. The normalized spacial score (nSPS) is 20.8. The molecular weight excluding hydrogens is 388 g/mol. The summed E-state index contributed by atoms with van der Waals surface area (Å²) in [6, 6.07) is 17.5. The summed E-state index contributed by atoms with van der Waals surface area (Å²) < 4.78 is 11.3. The van der Waals surface area contributed by atoms with E-state index in [0.717, 1.165) is 45.3 Å². The van der Waals surface area contributed by atoms with Gasteiger partial charge < -0.3 is 14.8 Å². The third-order valence-corrected chi connectivity index (χ3v) is 6.70. The molecule has 5 nitrogen and oxygen atoms in total. The highest BCUT2D eigenvalue weighted by Gasteiger charge is 2.42. The lowest BCUT2D eigenvalue weighted by Crippen LogP contribution is -2.45. The van der Waals surface area contributed by atoms with Crippen molar-refractivity contribution in [2.75, 3.05) is 33.4 Å². The lowest BCUT2D eigenvalue weighted by Gasteiger charge is -2.39. The summed E-state index contributed by atoms with van der Waals surface area (Å²) in [7, 11) is 1.54. The van der Waals surface area contributed by atoms with Crippen LogP contribution in [0.3, 0.4) is 0 Å². The predicted molar refractivity (Wildman–Crippen MR) is 123 cm³/mol. The average molecular weight is 423 g/mol. The number of methoxy groups -OCH3 is 1. The molecule has 0 aromatic heterocycles. The molecule has 2 aliphatic rings. The van der Waals surface area contributed by atoms with Crippen molar-refractivity contribution in [1.82, 2.24) is 10.2 Å². The molecule has 0 unspecified atom stereocenters. The number of benzene rings is 2. The summed E-state index contributed by atoms with van der Waals surface area (Å²) in [5.74, 6) is -0.0743. The number of hydrogen-bond donors (Lipinski definition) is 1. The number of piperidine rings is 1. The van der Waals surface area contributed by atoms with E-state index in [1.165, 1.54) is 29.4 Å². The van der Waals surface area contributed by atoms with Gasteiger partial charge in [-0.3, -0.25) is 9.69 Å². The molecule has 1 spiro atoms. The highest BCUT2D eigenvalue weighted by atomic mass is 16.5. The van der Waals surface area contributed by atoms with Gasteiger partial charge in [-0.1, -0.05) is 42.5 Å². The number of carbonyl (C=O) groups excluding carboxylic acids is 1. The summed E-state index contributed by atoms with van der Waals surface area (Å²) in [5, 5.41) is 2.91. The molecule has 2 fully saturated rings. The van der Waals surface area contributed by atoms with Crippen LogP contribution in [0.4, 0.5) is 0 Å². The standard InChI is InChI=1S/C26H34N2O3/c1-20-6-3-4-9-24(20)22-8-5-7-21(16-22)18-28-14-12-26(13-15-28)11-10-23(31-26)17-27-25(29)19-30-2/h3-9,16,23H,10-15,17-19H2,1-2H3,(H,27,29)/t23-/m0/s1. The zero-order valence-electron chi connectivity index (χ0n) is 18.7. The van der Waals surface area contributed by atoms with Gasteiger partial charge in [0.2, 0.25) is 5.91 Å². The molecule has 166 valence electrons. The van der Waals surface area contributed by atoms with Crippen LogP contribution in [0.5, 0.6) is 0 Å². The van der Waals surface area contributed by atoms with Crippen LogP contribution in [0.2, 0.25) is 0 Å². The Hall–Kier alpha value is -2.21. The van der Waals surface area contributed by atoms with E-state index in [0.29, 0.717) is 6.54 Å². The Bertz CT molecular complexity index is 890. The first-order chi connectivity index (χ1) is 15.1. The molecule has 0 aliphatic carbocycles. The van der Waals surface area contributed by atoms with E-state index in [2.05, 4.69) is 65.7 Å². The number of aryl methyl sites for hydroxylation is 1. The lowest BCUT2D eigenvalue weighted by molar-refractivity contribution is -0.126. The van der Waals surface area contributed by atoms with Gasteiger partial charge in [-0.25, -0.2) is 0 Å². The van der Waals surface area contributed by atoms with Crippen molar-refractivity contribution in [1.29, 1.82) is 0 Å². The number of likely N-dealkylation sites (tertiary alicyclic amines) is 1. The molecule has 4 rings (SSSR count). The second-order valence-corrected chi connectivity index (χ2v) is 8.99. The van der Waals surface area contributed by atoms with Crippen LogP contribution in [-0.4, -0.2) is 55.9 Å². The van der Waals surface area contributed by atoms with E-state index in [1.807, 2.05) is 0 Å². The monoisotopic (exact) mass is 422 g/mol. The van der Waals surface area contributed by atoms with Gasteiger partial charge in [0.15, 0.2) is 0 Å². The molecule has 1 N–H and O–H groups in total. The van der Waals surface area contributed by atoms with E-state index in [4.69, 9.17) is 9.47 Å². The number of amides is 1. The Morgan fingerprint density at radius 2 is 1.97 bits per heavy atom. The first-order valence-corrected chi connectivity index (χ1v) is 11.4. The first kappa shape index (κ1) is 22.0. The van der Waals surface area contributed by atoms with Crippen molar-refractivity contribution in [2.24, 2.45) is 0 Å². The van der Waals surface area contributed by atoms with Crippen LogP contribution in [0, 0.1) is 6.92 Å². The minimum Gasteiger partial charge on any atom is -0.375 e. The zero-order chi connectivity index (χ0) is 21.7. The van der Waals surface area contributed by atoms with E-state index < -0.39 is 0 Å². The van der Waals surface area contributed by atoms with E-state index >= 15 is 0 Å². The van der Waals surface area contributed by atoms with Crippen LogP contribution < -0.4 is 5.32 Å². The molecular formula is C26H34N2O3. The Morgan fingerprint density at radius 1 is 1.16 bits per heavy atom. The van der Waals surface area contributed by atoms with Gasteiger partial charge in [-0.2, -0.15) is 0 Å². The van der Waals surface area contributed by atoms with Crippen LogP contribution in [0.15, 0.2) is 48.5 Å². The lowest BCUT2D eigenvalue weighted by atomic mass is 9.88. The highest BCUT2D eigenvalue weighted by Crippen LogP contribution is 2.39. The number of nitrogens with zero attached hydrogens (tertiary/aromatic N) is 1. The molecule has 1 atom stereocenters. The van der Waals surface area contributed by atoms with Crippen LogP contribution in [0.1, 0.15) is 36.8 Å². The number of ether oxygens (including phenoxy) is 2. The quantitative estimate of drug-likeness (QED) is 0.734. The van der Waals surface area contributed by atoms with Gasteiger partial charge in [0.1, 0.15) is 6.61 Å². The van der Waals surface area contributed by atoms with E-state index in [1.54, 1.807) is 0 Å². The minimum absolute atomic E-state index is 0.00382. The Kier molecular flexibility index (Phi) is 7.06. The number of nitrogens with one attached hydrogen (secondary N) is 1. The topological polar surface area (TPSA) is 50.8 Å². The Morgan fingerprint density at radius 3 is 2.74 bits per heavy atom. The molecule has 0 bridgehead atoms. The van der Waals surface area contributed by atoms with Crippen LogP contribution in [-0.2, 0) is 20.8 Å². The maximum absolute atomic E-state index is 11.6. The smallest absolute Gasteiger partial charge is 0.246 e. The summed E-state index contributed by atoms with van der Waals surface area (Å²) in [6.07, 6.45) is 4.36. The Balaban J connectivity index is 1.29. The van der Waals surface area contributed by atoms with Crippen molar-refractivity contribution < 1.29 is 14.3 Å². The van der Waals surface area contributed by atoms with E-state index in [-0.39, 0.29) is 24.2 Å². The fourth-order valence-corrected chi connectivity index (χ4v) is 4.93. The average Bonchev–Trinajstić information content (AvgIpc) is 3.17. The minimum atomic E-state index is -0.0743. The van der Waals surface area contributed by atoms with Crippen molar-refractivity contribution in [2.45, 2.75) is 50.9 Å². The molecule has 0 radical (unpaired) electrons. The molecule has 2 aromatic carbocycles. The van der Waals surface area contributed by atoms with Gasteiger partial charge in [0.05, 0.1) is 11.7 Å². The SMILES string of the molecule is COCC(=O)NC[C@@H]1CCC2(CCN(Cc3cccc(-c4ccccc4C)c3)CC2)O1. The van der Waals surface area contributed by atoms with Gasteiger partial charge >= 0.3 is 0 Å². The second kappa shape index (κ2) is 9.94. The van der Waals surface area contributed by atoms with Crippen molar-refractivity contribution in [3.05, 3.63) is 59.7 Å². The molecule has 5 heteroatoms. The first-order valence-electron chi connectivity index (χ1n) is 11.4. The fraction of sp³-hybridized carbons (Fsp3) is 0.500. The summed E-state index contributed by atoms with van der Waals surface area (Å²) >= 11 is 0. The molecule has 2 saturated heterocycles. The van der Waals surface area contributed by atoms with E-state index in [9.17, 15) is 4.79 Å². The zero-order valence-corrected chi connectivity index (χ0v) is 18.7. The summed E-state index contributed by atoms with van der Waals surface area (Å²) in [4.78, 5) is 14.2. The van der Waals surface area contributed by atoms with Crippen molar-refractivity contribution in [3.63, 3.8) is 0 Å². The predicted octanol–water partition coefficient (Wildman–Crippen LogP) is 3.94. The summed E-state index contributed by atoms with van der Waals surface area (Å²) in [6.45, 7) is 5.95. The third kappa shape index (κ3) is 5.53. The molecule has 31 heavy (non-hydrogen) atoms. The van der Waals surface area contributed by atoms with Gasteiger partial charge in [-0.05, 0) is 60.9 Å².